The predicted octanol–water partition coefficient (Wildman–Crippen LogP) is 3.36. The molecular weight excluding hydrogens is 400 g/mol. The van der Waals surface area contributed by atoms with E-state index in [1.807, 2.05) is 54.6 Å². The molecule has 0 aliphatic carbocycles. The zero-order valence-electron chi connectivity index (χ0n) is 17.2. The number of fused-ring (bicyclic) bond motifs is 1. The molecule has 30 heavy (non-hydrogen) atoms. The Balaban J connectivity index is 1.62. The number of rotatable bonds is 9. The number of carbonyl (C=O) groups is 1. The van der Waals surface area contributed by atoms with Gasteiger partial charge in [0.15, 0.2) is 0 Å². The molecule has 0 saturated heterocycles. The lowest BCUT2D eigenvalue weighted by Gasteiger charge is -2.23. The van der Waals surface area contributed by atoms with E-state index >= 15 is 0 Å². The second kappa shape index (κ2) is 9.63. The van der Waals surface area contributed by atoms with Crippen molar-refractivity contribution in [2.24, 2.45) is 0 Å². The van der Waals surface area contributed by atoms with Crippen molar-refractivity contribution in [2.45, 2.75) is 13.3 Å². The molecule has 0 bridgehead atoms. The van der Waals surface area contributed by atoms with Gasteiger partial charge in [-0.3, -0.25) is 9.10 Å². The number of aryl methyl sites for hydroxylation is 1. The summed E-state index contributed by atoms with van der Waals surface area (Å²) in [5.41, 5.74) is 1.71. The minimum absolute atomic E-state index is 0.279. The average molecular weight is 427 g/mol. The number of amides is 1. The normalized spacial score (nSPS) is 11.3. The number of nitrogens with one attached hydrogen (secondary N) is 1. The van der Waals surface area contributed by atoms with E-state index in [1.54, 1.807) is 12.1 Å². The molecule has 3 rings (SSSR count). The molecule has 3 aromatic rings. The second-order valence-corrected chi connectivity index (χ2v) is 8.87. The van der Waals surface area contributed by atoms with Gasteiger partial charge < -0.3 is 10.1 Å². The third kappa shape index (κ3) is 5.51. The van der Waals surface area contributed by atoms with E-state index in [2.05, 4.69) is 12.2 Å². The van der Waals surface area contributed by atoms with E-state index in [4.69, 9.17) is 4.74 Å². The van der Waals surface area contributed by atoms with Crippen LogP contribution in [0.2, 0.25) is 0 Å². The summed E-state index contributed by atoms with van der Waals surface area (Å²) in [7, 11) is -3.64. The van der Waals surface area contributed by atoms with Crippen molar-refractivity contribution in [1.29, 1.82) is 0 Å². The highest BCUT2D eigenvalue weighted by Gasteiger charge is 2.22. The SMILES string of the molecule is CCc1ccc(OCCNC(=O)CN(c2cccc3ccccc23)S(C)(=O)=O)cc1. The minimum Gasteiger partial charge on any atom is -0.492 e. The van der Waals surface area contributed by atoms with E-state index in [0.717, 1.165) is 33.5 Å². The highest BCUT2D eigenvalue weighted by molar-refractivity contribution is 7.92. The molecule has 3 aromatic carbocycles. The van der Waals surface area contributed by atoms with Crippen LogP contribution in [0.5, 0.6) is 5.75 Å². The highest BCUT2D eigenvalue weighted by Crippen LogP contribution is 2.28. The average Bonchev–Trinajstić information content (AvgIpc) is 2.74. The number of nitrogens with zero attached hydrogens (tertiary/aromatic N) is 1. The van der Waals surface area contributed by atoms with Crippen LogP contribution >= 0.6 is 0 Å². The summed E-state index contributed by atoms with van der Waals surface area (Å²) in [5, 5.41) is 4.41. The number of sulfonamides is 1. The summed E-state index contributed by atoms with van der Waals surface area (Å²) >= 11 is 0. The van der Waals surface area contributed by atoms with Crippen molar-refractivity contribution in [3.63, 3.8) is 0 Å². The third-order valence-electron chi connectivity index (χ3n) is 4.75. The van der Waals surface area contributed by atoms with E-state index in [9.17, 15) is 13.2 Å². The number of ether oxygens (including phenoxy) is 1. The number of anilines is 1. The zero-order valence-corrected chi connectivity index (χ0v) is 18.0. The first-order valence-electron chi connectivity index (χ1n) is 9.82. The van der Waals surface area contributed by atoms with Gasteiger partial charge in [0.1, 0.15) is 18.9 Å². The summed E-state index contributed by atoms with van der Waals surface area (Å²) < 4.78 is 31.6. The maximum atomic E-state index is 12.4. The first-order chi connectivity index (χ1) is 14.4. The first kappa shape index (κ1) is 21.6. The standard InChI is InChI=1S/C23H26N2O4S/c1-3-18-11-13-20(14-12-18)29-16-15-24-23(26)17-25(30(2,27)28)22-10-6-8-19-7-4-5-9-21(19)22/h4-14H,3,15-17H2,1-2H3,(H,24,26). The van der Waals surface area contributed by atoms with Crippen LogP contribution in [0.15, 0.2) is 66.7 Å². The molecule has 0 radical (unpaired) electrons. The summed E-state index contributed by atoms with van der Waals surface area (Å²) in [6.07, 6.45) is 2.06. The van der Waals surface area contributed by atoms with Gasteiger partial charge in [-0.2, -0.15) is 0 Å². The van der Waals surface area contributed by atoms with Gasteiger partial charge in [0.05, 0.1) is 18.5 Å². The van der Waals surface area contributed by atoms with Gasteiger partial charge in [0, 0.05) is 5.39 Å². The Kier molecular flexibility index (Phi) is 6.95. The molecule has 0 heterocycles. The molecule has 0 aliphatic heterocycles. The van der Waals surface area contributed by atoms with E-state index in [1.165, 1.54) is 5.56 Å². The van der Waals surface area contributed by atoms with Crippen LogP contribution < -0.4 is 14.4 Å². The quantitative estimate of drug-likeness (QED) is 0.533. The predicted molar refractivity (Wildman–Crippen MR) is 120 cm³/mol. The van der Waals surface area contributed by atoms with Gasteiger partial charge >= 0.3 is 0 Å². The molecule has 6 nitrogen and oxygen atoms in total. The summed E-state index contributed by atoms with van der Waals surface area (Å²) in [4.78, 5) is 12.4. The van der Waals surface area contributed by atoms with Crippen molar-refractivity contribution in [2.75, 3.05) is 30.3 Å². The molecular formula is C23H26N2O4S. The van der Waals surface area contributed by atoms with Crippen molar-refractivity contribution >= 4 is 32.4 Å². The van der Waals surface area contributed by atoms with Gasteiger partial charge in [-0.1, -0.05) is 55.5 Å². The molecule has 1 amide bonds. The van der Waals surface area contributed by atoms with Crippen LogP contribution in [0, 0.1) is 0 Å². The Hall–Kier alpha value is -3.06. The number of hydrogen-bond donors (Lipinski definition) is 1. The van der Waals surface area contributed by atoms with E-state index in [-0.39, 0.29) is 13.1 Å². The minimum atomic E-state index is -3.64. The topological polar surface area (TPSA) is 75.7 Å². The lowest BCUT2D eigenvalue weighted by Crippen LogP contribution is -2.41. The number of hydrogen-bond acceptors (Lipinski definition) is 4. The largest absolute Gasteiger partial charge is 0.492 e. The molecule has 0 aromatic heterocycles. The van der Waals surface area contributed by atoms with Crippen LogP contribution in [0.3, 0.4) is 0 Å². The monoisotopic (exact) mass is 426 g/mol. The van der Waals surface area contributed by atoms with Crippen LogP contribution in [0.25, 0.3) is 10.8 Å². The Morgan fingerprint density at radius 2 is 1.70 bits per heavy atom. The lowest BCUT2D eigenvalue weighted by atomic mass is 10.1. The highest BCUT2D eigenvalue weighted by atomic mass is 32.2. The lowest BCUT2D eigenvalue weighted by molar-refractivity contribution is -0.119. The van der Waals surface area contributed by atoms with Crippen LogP contribution in [0.1, 0.15) is 12.5 Å². The van der Waals surface area contributed by atoms with E-state index in [0.29, 0.717) is 12.3 Å². The Morgan fingerprint density at radius 3 is 2.40 bits per heavy atom. The fourth-order valence-electron chi connectivity index (χ4n) is 3.17. The van der Waals surface area contributed by atoms with Gasteiger partial charge in [-0.25, -0.2) is 8.42 Å². The van der Waals surface area contributed by atoms with Crippen molar-refractivity contribution in [3.05, 3.63) is 72.3 Å². The molecule has 0 fully saturated rings. The third-order valence-corrected chi connectivity index (χ3v) is 5.87. The summed E-state index contributed by atoms with van der Waals surface area (Å²) in [6.45, 7) is 2.37. The Labute approximate surface area is 177 Å². The van der Waals surface area contributed by atoms with Gasteiger partial charge in [-0.05, 0) is 35.6 Å². The Morgan fingerprint density at radius 1 is 1.00 bits per heavy atom. The van der Waals surface area contributed by atoms with Gasteiger partial charge in [-0.15, -0.1) is 0 Å². The van der Waals surface area contributed by atoms with Crippen LogP contribution in [-0.2, 0) is 21.2 Å². The fraction of sp³-hybridized carbons (Fsp3) is 0.261. The van der Waals surface area contributed by atoms with Crippen LogP contribution in [0.4, 0.5) is 5.69 Å². The Bertz CT molecular complexity index is 1110. The van der Waals surface area contributed by atoms with Crippen LogP contribution in [-0.4, -0.2) is 40.3 Å². The summed E-state index contributed by atoms with van der Waals surface area (Å²) in [5.74, 6) is 0.341. The molecule has 0 aliphatic rings. The molecule has 0 unspecified atom stereocenters. The summed E-state index contributed by atoms with van der Waals surface area (Å²) in [6, 6.07) is 20.7. The van der Waals surface area contributed by atoms with Crippen molar-refractivity contribution in [1.82, 2.24) is 5.32 Å². The molecule has 0 atom stereocenters. The maximum Gasteiger partial charge on any atom is 0.240 e. The maximum absolute atomic E-state index is 12.4. The van der Waals surface area contributed by atoms with Crippen molar-refractivity contribution in [3.8, 4) is 5.75 Å². The van der Waals surface area contributed by atoms with E-state index < -0.39 is 15.9 Å². The van der Waals surface area contributed by atoms with Gasteiger partial charge in [0.25, 0.3) is 0 Å². The molecule has 1 N–H and O–H groups in total. The van der Waals surface area contributed by atoms with Crippen molar-refractivity contribution < 1.29 is 17.9 Å². The molecule has 158 valence electrons. The molecule has 0 saturated carbocycles. The smallest absolute Gasteiger partial charge is 0.240 e. The fourth-order valence-corrected chi connectivity index (χ4v) is 4.04. The zero-order chi connectivity index (χ0) is 21.6. The second-order valence-electron chi connectivity index (χ2n) is 6.96. The van der Waals surface area contributed by atoms with Gasteiger partial charge in [0.2, 0.25) is 15.9 Å². The molecule has 7 heteroatoms. The molecule has 0 spiro atoms. The number of benzene rings is 3. The first-order valence-corrected chi connectivity index (χ1v) is 11.7. The number of carbonyl (C=O) groups excluding carboxylic acids is 1.